The Morgan fingerprint density at radius 1 is 1.21 bits per heavy atom. The van der Waals surface area contributed by atoms with Gasteiger partial charge in [-0.05, 0) is 54.4 Å². The van der Waals surface area contributed by atoms with Crippen LogP contribution in [-0.2, 0) is 11.2 Å². The van der Waals surface area contributed by atoms with Crippen LogP contribution in [0.5, 0.6) is 11.6 Å². The number of rotatable bonds is 7. The zero-order valence-electron chi connectivity index (χ0n) is 15.1. The van der Waals surface area contributed by atoms with E-state index < -0.39 is 17.8 Å². The van der Waals surface area contributed by atoms with Crippen molar-refractivity contribution < 1.29 is 19.0 Å². The Bertz CT molecular complexity index is 987. The maximum absolute atomic E-state index is 13.8. The molecule has 3 N–H and O–H groups in total. The van der Waals surface area contributed by atoms with Crippen molar-refractivity contribution in [1.82, 2.24) is 9.97 Å². The van der Waals surface area contributed by atoms with E-state index in [-0.39, 0.29) is 29.7 Å². The Labute approximate surface area is 177 Å². The summed E-state index contributed by atoms with van der Waals surface area (Å²) in [5, 5.41) is 9.01. The largest absolute Gasteiger partial charge is 0.481 e. The lowest BCUT2D eigenvalue weighted by molar-refractivity contribution is -0.137. The molecule has 0 spiro atoms. The molecule has 6 nitrogen and oxygen atoms in total. The van der Waals surface area contributed by atoms with Gasteiger partial charge >= 0.3 is 5.97 Å². The molecule has 29 heavy (non-hydrogen) atoms. The number of hydrogen-bond donors (Lipinski definition) is 2. The van der Waals surface area contributed by atoms with Crippen molar-refractivity contribution in [2.75, 3.05) is 0 Å². The predicted octanol–water partition coefficient (Wildman–Crippen LogP) is 4.49. The summed E-state index contributed by atoms with van der Waals surface area (Å²) in [7, 11) is 0. The van der Waals surface area contributed by atoms with Gasteiger partial charge in [-0.3, -0.25) is 9.78 Å². The molecule has 0 bridgehead atoms. The van der Waals surface area contributed by atoms with Crippen molar-refractivity contribution in [3.05, 3.63) is 71.3 Å². The number of aromatic nitrogens is 2. The maximum atomic E-state index is 13.8. The van der Waals surface area contributed by atoms with Crippen LogP contribution in [0.25, 0.3) is 11.3 Å². The lowest BCUT2D eigenvalue weighted by Crippen LogP contribution is -2.26. The molecule has 0 amide bonds. The number of pyridine rings is 2. The molecule has 0 aliphatic heterocycles. The summed E-state index contributed by atoms with van der Waals surface area (Å²) < 4.78 is 19.2. The topological polar surface area (TPSA) is 98.3 Å². The molecule has 3 aromatic rings. The number of nitrogens with zero attached hydrogens (tertiary/aromatic N) is 2. The number of carboxylic acids is 1. The van der Waals surface area contributed by atoms with Gasteiger partial charge in [0.15, 0.2) is 5.82 Å². The average molecular weight is 438 g/mol. The highest BCUT2D eigenvalue weighted by molar-refractivity contribution is 6.30. The molecule has 1 unspecified atom stereocenters. The van der Waals surface area contributed by atoms with Crippen LogP contribution < -0.4 is 10.5 Å². The van der Waals surface area contributed by atoms with E-state index in [2.05, 4.69) is 9.97 Å². The molecule has 2 aromatic heterocycles. The molecule has 0 saturated heterocycles. The molecule has 152 valence electrons. The highest BCUT2D eigenvalue weighted by Gasteiger charge is 2.11. The average Bonchev–Trinajstić information content (AvgIpc) is 2.64. The molecule has 0 fully saturated rings. The fourth-order valence-electron chi connectivity index (χ4n) is 2.64. The second-order valence-electron chi connectivity index (χ2n) is 6.18. The van der Waals surface area contributed by atoms with Crippen molar-refractivity contribution in [3.63, 3.8) is 0 Å². The van der Waals surface area contributed by atoms with Crippen LogP contribution >= 0.6 is 24.0 Å². The Morgan fingerprint density at radius 2 is 1.93 bits per heavy atom. The normalized spacial score (nSPS) is 11.4. The number of carbonyl (C=O) groups is 1. The first-order valence-electron chi connectivity index (χ1n) is 8.42. The standard InChI is InChI=1S/C20H17ClFN3O3.ClH/c21-14-9-17(22)20(25-11-14)28-16-3-1-13(2-4-16)18-8-12(5-6-24-18)7-15(23)10-19(26)27;/h1-6,8-9,11,15H,7,10,23H2,(H,26,27);1H. The van der Waals surface area contributed by atoms with E-state index in [1.807, 2.05) is 6.07 Å². The summed E-state index contributed by atoms with van der Waals surface area (Å²) in [5.74, 6) is -1.32. The van der Waals surface area contributed by atoms with Gasteiger partial charge in [-0.15, -0.1) is 12.4 Å². The Morgan fingerprint density at radius 3 is 2.59 bits per heavy atom. The Balaban J connectivity index is 0.00000300. The minimum Gasteiger partial charge on any atom is -0.481 e. The number of nitrogens with two attached hydrogens (primary N) is 1. The fraction of sp³-hybridized carbons (Fsp3) is 0.150. The second-order valence-corrected chi connectivity index (χ2v) is 6.61. The van der Waals surface area contributed by atoms with Gasteiger partial charge in [0.1, 0.15) is 5.75 Å². The van der Waals surface area contributed by atoms with Gasteiger partial charge in [-0.25, -0.2) is 9.37 Å². The predicted molar refractivity (Wildman–Crippen MR) is 110 cm³/mol. The van der Waals surface area contributed by atoms with Gasteiger partial charge in [-0.2, -0.15) is 0 Å². The third-order valence-electron chi connectivity index (χ3n) is 3.90. The lowest BCUT2D eigenvalue weighted by Gasteiger charge is -2.10. The smallest absolute Gasteiger partial charge is 0.304 e. The van der Waals surface area contributed by atoms with E-state index in [4.69, 9.17) is 27.2 Å². The van der Waals surface area contributed by atoms with Gasteiger partial charge in [0.2, 0.25) is 0 Å². The third kappa shape index (κ3) is 6.39. The van der Waals surface area contributed by atoms with Gasteiger partial charge in [0.05, 0.1) is 17.1 Å². The van der Waals surface area contributed by atoms with E-state index in [0.29, 0.717) is 17.9 Å². The molecular formula is C20H18Cl2FN3O3. The minimum atomic E-state index is -0.927. The molecule has 0 radical (unpaired) electrons. The lowest BCUT2D eigenvalue weighted by atomic mass is 10.0. The number of aliphatic carboxylic acids is 1. The highest BCUT2D eigenvalue weighted by Crippen LogP contribution is 2.27. The van der Waals surface area contributed by atoms with E-state index in [0.717, 1.165) is 17.2 Å². The van der Waals surface area contributed by atoms with Gasteiger partial charge in [0.25, 0.3) is 5.88 Å². The highest BCUT2D eigenvalue weighted by atomic mass is 35.5. The van der Waals surface area contributed by atoms with Crippen molar-refractivity contribution in [2.24, 2.45) is 5.73 Å². The van der Waals surface area contributed by atoms with Crippen LogP contribution in [0.4, 0.5) is 4.39 Å². The minimum absolute atomic E-state index is 0. The van der Waals surface area contributed by atoms with E-state index in [1.165, 1.54) is 6.20 Å². The molecule has 0 aliphatic rings. The first-order valence-corrected chi connectivity index (χ1v) is 8.80. The zero-order valence-corrected chi connectivity index (χ0v) is 16.7. The maximum Gasteiger partial charge on any atom is 0.304 e. The SMILES string of the molecule is Cl.NC(CC(=O)O)Cc1ccnc(-c2ccc(Oc3ncc(Cl)cc3F)cc2)c1. The monoisotopic (exact) mass is 437 g/mol. The number of hydrogen-bond acceptors (Lipinski definition) is 5. The molecule has 0 saturated carbocycles. The molecule has 1 aromatic carbocycles. The first kappa shape index (κ1) is 22.5. The van der Waals surface area contributed by atoms with Crippen molar-refractivity contribution in [2.45, 2.75) is 18.9 Å². The molecule has 1 atom stereocenters. The molecule has 2 heterocycles. The van der Waals surface area contributed by atoms with Crippen molar-refractivity contribution >= 4 is 30.0 Å². The summed E-state index contributed by atoms with van der Waals surface area (Å²) in [6.07, 6.45) is 3.29. The summed E-state index contributed by atoms with van der Waals surface area (Å²) in [6.45, 7) is 0. The molecule has 0 aliphatic carbocycles. The summed E-state index contributed by atoms with van der Waals surface area (Å²) in [5.41, 5.74) is 8.28. The van der Waals surface area contributed by atoms with Gasteiger partial charge < -0.3 is 15.6 Å². The van der Waals surface area contributed by atoms with Gasteiger partial charge in [-0.1, -0.05) is 11.6 Å². The van der Waals surface area contributed by atoms with Crippen molar-refractivity contribution in [1.29, 1.82) is 0 Å². The Kier molecular flexibility index (Phi) is 7.90. The summed E-state index contributed by atoms with van der Waals surface area (Å²) in [4.78, 5) is 18.9. The number of ether oxygens (including phenoxy) is 1. The molecular weight excluding hydrogens is 420 g/mol. The molecule has 9 heteroatoms. The summed E-state index contributed by atoms with van der Waals surface area (Å²) >= 11 is 5.68. The number of halogens is 3. The van der Waals surface area contributed by atoms with Crippen LogP contribution in [0.3, 0.4) is 0 Å². The van der Waals surface area contributed by atoms with E-state index in [9.17, 15) is 9.18 Å². The van der Waals surface area contributed by atoms with Gasteiger partial charge in [0, 0.05) is 24.0 Å². The van der Waals surface area contributed by atoms with E-state index >= 15 is 0 Å². The fourth-order valence-corrected chi connectivity index (χ4v) is 2.79. The van der Waals surface area contributed by atoms with Crippen LogP contribution in [0.15, 0.2) is 54.9 Å². The van der Waals surface area contributed by atoms with E-state index in [1.54, 1.807) is 36.5 Å². The summed E-state index contributed by atoms with van der Waals surface area (Å²) in [6, 6.07) is 11.2. The third-order valence-corrected chi connectivity index (χ3v) is 4.10. The second kappa shape index (κ2) is 10.2. The van der Waals surface area contributed by atoms with Crippen molar-refractivity contribution in [3.8, 4) is 22.9 Å². The number of carboxylic acid groups (broad SMARTS) is 1. The quantitative estimate of drug-likeness (QED) is 0.564. The van der Waals surface area contributed by atoms with Crippen LogP contribution in [0.2, 0.25) is 5.02 Å². The zero-order chi connectivity index (χ0) is 20.1. The van der Waals surface area contributed by atoms with Crippen LogP contribution in [0, 0.1) is 5.82 Å². The van der Waals surface area contributed by atoms with Crippen LogP contribution in [-0.4, -0.2) is 27.1 Å². The molecule has 3 rings (SSSR count). The van der Waals surface area contributed by atoms with Crippen LogP contribution in [0.1, 0.15) is 12.0 Å². The number of benzene rings is 1. The first-order chi connectivity index (χ1) is 13.4. The Hall–Kier alpha value is -2.74.